The third kappa shape index (κ3) is 1.46. The minimum absolute atomic E-state index is 0.305. The fourth-order valence-corrected chi connectivity index (χ4v) is 2.36. The second-order valence-corrected chi connectivity index (χ2v) is 4.34. The van der Waals surface area contributed by atoms with Crippen molar-refractivity contribution in [1.29, 1.82) is 0 Å². The van der Waals surface area contributed by atoms with Gasteiger partial charge in [-0.3, -0.25) is 0 Å². The smallest absolute Gasteiger partial charge is 0.220 e. The number of aryl methyl sites for hydroxylation is 1. The molecule has 0 amide bonds. The first-order chi connectivity index (χ1) is 8.68. The molecule has 0 spiro atoms. The van der Waals surface area contributed by atoms with Gasteiger partial charge in [0.05, 0.1) is 5.69 Å². The van der Waals surface area contributed by atoms with Gasteiger partial charge in [-0.25, -0.2) is 9.97 Å². The molecule has 2 N–H and O–H groups in total. The Morgan fingerprint density at radius 1 is 1.17 bits per heavy atom. The van der Waals surface area contributed by atoms with Crippen molar-refractivity contribution >= 4 is 16.9 Å². The van der Waals surface area contributed by atoms with Gasteiger partial charge in [0.25, 0.3) is 0 Å². The Labute approximate surface area is 105 Å². The van der Waals surface area contributed by atoms with E-state index in [0.717, 1.165) is 11.3 Å². The van der Waals surface area contributed by atoms with Crippen molar-refractivity contribution in [2.75, 3.05) is 5.73 Å². The van der Waals surface area contributed by atoms with Crippen molar-refractivity contribution in [3.63, 3.8) is 0 Å². The zero-order valence-corrected chi connectivity index (χ0v) is 10.4. The Bertz CT molecular complexity index is 728. The van der Waals surface area contributed by atoms with E-state index >= 15 is 0 Å². The number of nitrogen functional groups attached to an aromatic ring is 1. The Balaban J connectivity index is 2.39. The van der Waals surface area contributed by atoms with Gasteiger partial charge < -0.3 is 10.3 Å². The van der Waals surface area contributed by atoms with Gasteiger partial charge in [0, 0.05) is 35.4 Å². The molecule has 4 nitrogen and oxygen atoms in total. The summed E-state index contributed by atoms with van der Waals surface area (Å²) in [5, 5.41) is 1.19. The lowest BCUT2D eigenvalue weighted by Crippen LogP contribution is -1.96. The largest absolute Gasteiger partial charge is 0.368 e. The molecule has 0 saturated carbocycles. The van der Waals surface area contributed by atoms with E-state index in [4.69, 9.17) is 5.73 Å². The van der Waals surface area contributed by atoms with E-state index in [1.807, 2.05) is 18.2 Å². The van der Waals surface area contributed by atoms with Gasteiger partial charge in [0.2, 0.25) is 5.95 Å². The maximum atomic E-state index is 5.67. The molecule has 0 bridgehead atoms. The van der Waals surface area contributed by atoms with Crippen LogP contribution in [0.4, 0.5) is 5.95 Å². The van der Waals surface area contributed by atoms with Gasteiger partial charge in [0.15, 0.2) is 0 Å². The molecule has 0 aliphatic heterocycles. The van der Waals surface area contributed by atoms with Crippen LogP contribution in [-0.2, 0) is 7.05 Å². The zero-order chi connectivity index (χ0) is 12.7. The van der Waals surface area contributed by atoms with Crippen LogP contribution >= 0.6 is 0 Å². The Hall–Kier alpha value is -2.36. The molecule has 0 unspecified atom stereocenters. The van der Waals surface area contributed by atoms with E-state index in [2.05, 4.69) is 40.6 Å². The van der Waals surface area contributed by atoms with E-state index in [9.17, 15) is 0 Å². The van der Waals surface area contributed by atoms with Gasteiger partial charge in [-0.05, 0) is 19.1 Å². The summed E-state index contributed by atoms with van der Waals surface area (Å²) in [5.41, 5.74) is 10.0. The Kier molecular flexibility index (Phi) is 2.30. The zero-order valence-electron chi connectivity index (χ0n) is 10.4. The second kappa shape index (κ2) is 3.84. The first-order valence-corrected chi connectivity index (χ1v) is 5.81. The van der Waals surface area contributed by atoms with E-state index in [1.165, 1.54) is 16.6 Å². The molecule has 0 aliphatic rings. The number of nitrogens with two attached hydrogens (primary N) is 1. The number of fused-ring (bicyclic) bond motifs is 1. The third-order valence-corrected chi connectivity index (χ3v) is 3.33. The highest BCUT2D eigenvalue weighted by Crippen LogP contribution is 2.32. The molecule has 4 heteroatoms. The molecule has 0 radical (unpaired) electrons. The number of anilines is 1. The predicted octanol–water partition coefficient (Wildman–Crippen LogP) is 2.53. The normalized spacial score (nSPS) is 11.0. The molecule has 0 saturated heterocycles. The summed E-state index contributed by atoms with van der Waals surface area (Å²) in [4.78, 5) is 8.26. The van der Waals surface area contributed by atoms with Crippen LogP contribution < -0.4 is 5.73 Å². The van der Waals surface area contributed by atoms with E-state index < -0.39 is 0 Å². The van der Waals surface area contributed by atoms with Crippen LogP contribution in [0.5, 0.6) is 0 Å². The standard InChI is InChI=1S/C14H14N4/c1-9-13(11-7-8-16-14(15)17-11)10-5-3-4-6-12(10)18(9)2/h3-8H,1-2H3,(H2,15,16,17). The molecule has 1 aromatic carbocycles. The quantitative estimate of drug-likeness (QED) is 0.708. The second-order valence-electron chi connectivity index (χ2n) is 4.34. The number of hydrogen-bond acceptors (Lipinski definition) is 3. The molecule has 0 fully saturated rings. The maximum Gasteiger partial charge on any atom is 0.220 e. The molecule has 3 rings (SSSR count). The lowest BCUT2D eigenvalue weighted by Gasteiger charge is -2.02. The van der Waals surface area contributed by atoms with Crippen LogP contribution in [0.15, 0.2) is 36.5 Å². The van der Waals surface area contributed by atoms with Crippen LogP contribution in [-0.4, -0.2) is 14.5 Å². The Morgan fingerprint density at radius 3 is 2.72 bits per heavy atom. The van der Waals surface area contributed by atoms with E-state index in [-0.39, 0.29) is 0 Å². The average Bonchev–Trinajstić information content (AvgIpc) is 2.63. The minimum atomic E-state index is 0.305. The van der Waals surface area contributed by atoms with Crippen LogP contribution in [0.2, 0.25) is 0 Å². The van der Waals surface area contributed by atoms with E-state index in [1.54, 1.807) is 6.20 Å². The highest BCUT2D eigenvalue weighted by molar-refractivity contribution is 5.97. The highest BCUT2D eigenvalue weighted by atomic mass is 15.0. The molecule has 90 valence electrons. The number of hydrogen-bond donors (Lipinski definition) is 1. The van der Waals surface area contributed by atoms with Gasteiger partial charge in [-0.1, -0.05) is 18.2 Å². The van der Waals surface area contributed by atoms with E-state index in [0.29, 0.717) is 5.95 Å². The molecule has 18 heavy (non-hydrogen) atoms. The van der Waals surface area contributed by atoms with Crippen molar-refractivity contribution < 1.29 is 0 Å². The van der Waals surface area contributed by atoms with Crippen molar-refractivity contribution in [1.82, 2.24) is 14.5 Å². The molecule has 2 aromatic heterocycles. The van der Waals surface area contributed by atoms with Gasteiger partial charge in [0.1, 0.15) is 0 Å². The number of rotatable bonds is 1. The summed E-state index contributed by atoms with van der Waals surface area (Å²) in [7, 11) is 2.06. The number of nitrogens with zero attached hydrogens (tertiary/aromatic N) is 3. The van der Waals surface area contributed by atoms with Crippen molar-refractivity contribution in [3.8, 4) is 11.3 Å². The minimum Gasteiger partial charge on any atom is -0.368 e. The van der Waals surface area contributed by atoms with Gasteiger partial charge >= 0.3 is 0 Å². The molecule has 0 atom stereocenters. The summed E-state index contributed by atoms with van der Waals surface area (Å²) in [5.74, 6) is 0.305. The molecule has 2 heterocycles. The van der Waals surface area contributed by atoms with Crippen LogP contribution in [0.1, 0.15) is 5.69 Å². The first kappa shape index (κ1) is 10.8. The van der Waals surface area contributed by atoms with Crippen LogP contribution in [0.3, 0.4) is 0 Å². The molecular formula is C14H14N4. The van der Waals surface area contributed by atoms with Crippen LogP contribution in [0, 0.1) is 6.92 Å². The van der Waals surface area contributed by atoms with Gasteiger partial charge in [-0.15, -0.1) is 0 Å². The molecule has 3 aromatic rings. The topological polar surface area (TPSA) is 56.7 Å². The molecule has 0 aliphatic carbocycles. The highest BCUT2D eigenvalue weighted by Gasteiger charge is 2.14. The lowest BCUT2D eigenvalue weighted by atomic mass is 10.1. The first-order valence-electron chi connectivity index (χ1n) is 5.81. The van der Waals surface area contributed by atoms with Crippen LogP contribution in [0.25, 0.3) is 22.2 Å². The SMILES string of the molecule is Cc1c(-c2ccnc(N)n2)c2ccccc2n1C. The van der Waals surface area contributed by atoms with Gasteiger partial charge in [-0.2, -0.15) is 0 Å². The summed E-state index contributed by atoms with van der Waals surface area (Å²) in [6.45, 7) is 2.09. The number of benzene rings is 1. The monoisotopic (exact) mass is 238 g/mol. The number of aromatic nitrogens is 3. The fraction of sp³-hybridized carbons (Fsp3) is 0.143. The summed E-state index contributed by atoms with van der Waals surface area (Å²) >= 11 is 0. The Morgan fingerprint density at radius 2 is 1.94 bits per heavy atom. The summed E-state index contributed by atoms with van der Waals surface area (Å²) in [6, 6.07) is 10.2. The van der Waals surface area contributed by atoms with Crippen molar-refractivity contribution in [3.05, 3.63) is 42.2 Å². The summed E-state index contributed by atoms with van der Waals surface area (Å²) in [6.07, 6.45) is 1.69. The maximum absolute atomic E-state index is 5.67. The lowest BCUT2D eigenvalue weighted by molar-refractivity contribution is 0.918. The summed E-state index contributed by atoms with van der Waals surface area (Å²) < 4.78 is 2.17. The fourth-order valence-electron chi connectivity index (χ4n) is 2.36. The average molecular weight is 238 g/mol. The van der Waals surface area contributed by atoms with Crippen molar-refractivity contribution in [2.24, 2.45) is 7.05 Å². The number of para-hydroxylation sites is 1. The van der Waals surface area contributed by atoms with Crippen molar-refractivity contribution in [2.45, 2.75) is 6.92 Å². The third-order valence-electron chi connectivity index (χ3n) is 3.33. The predicted molar refractivity (Wildman–Crippen MR) is 73.1 cm³/mol. The molecular weight excluding hydrogens is 224 g/mol.